The van der Waals surface area contributed by atoms with Gasteiger partial charge in [-0.3, -0.25) is 4.79 Å². The van der Waals surface area contributed by atoms with Gasteiger partial charge in [0.15, 0.2) is 29.7 Å². The van der Waals surface area contributed by atoms with Gasteiger partial charge in [-0.05, 0) is 36.8 Å². The van der Waals surface area contributed by atoms with Gasteiger partial charge >= 0.3 is 0 Å². The molecule has 0 aliphatic carbocycles. The second-order valence-electron chi connectivity index (χ2n) is 5.12. The Balaban J connectivity index is 1.93. The Labute approximate surface area is 140 Å². The van der Waals surface area contributed by atoms with E-state index in [4.69, 9.17) is 14.2 Å². The predicted octanol–water partition coefficient (Wildman–Crippen LogP) is 3.10. The Kier molecular flexibility index (Phi) is 6.01. The molecular weight excluding hydrogens is 313 g/mol. The molecular formula is C18H20FNO4. The van der Waals surface area contributed by atoms with E-state index >= 15 is 0 Å². The lowest BCUT2D eigenvalue weighted by atomic mass is 10.1. The Morgan fingerprint density at radius 3 is 2.38 bits per heavy atom. The topological polar surface area (TPSA) is 56.8 Å². The number of hydrogen-bond donors (Lipinski definition) is 1. The average Bonchev–Trinajstić information content (AvgIpc) is 2.60. The first-order valence-corrected chi connectivity index (χ1v) is 7.43. The van der Waals surface area contributed by atoms with Crippen LogP contribution in [0.1, 0.15) is 18.5 Å². The lowest BCUT2D eigenvalue weighted by Crippen LogP contribution is -2.31. The summed E-state index contributed by atoms with van der Waals surface area (Å²) in [4.78, 5) is 12.0. The fraction of sp³-hybridized carbons (Fsp3) is 0.278. The summed E-state index contributed by atoms with van der Waals surface area (Å²) in [7, 11) is 2.93. The lowest BCUT2D eigenvalue weighted by molar-refractivity contribution is -0.123. The monoisotopic (exact) mass is 333 g/mol. The molecule has 5 nitrogen and oxygen atoms in total. The van der Waals surface area contributed by atoms with Crippen LogP contribution in [0.2, 0.25) is 0 Å². The molecule has 2 aromatic rings. The van der Waals surface area contributed by atoms with E-state index in [1.54, 1.807) is 31.2 Å². The Bertz CT molecular complexity index is 705. The fourth-order valence-corrected chi connectivity index (χ4v) is 2.20. The molecule has 0 aliphatic heterocycles. The third kappa shape index (κ3) is 4.38. The van der Waals surface area contributed by atoms with Crippen molar-refractivity contribution in [2.45, 2.75) is 13.0 Å². The van der Waals surface area contributed by atoms with Crippen LogP contribution in [0.15, 0.2) is 42.5 Å². The van der Waals surface area contributed by atoms with Crippen LogP contribution >= 0.6 is 0 Å². The molecule has 0 aliphatic rings. The van der Waals surface area contributed by atoms with E-state index in [9.17, 15) is 9.18 Å². The minimum atomic E-state index is -0.471. The molecule has 2 aromatic carbocycles. The van der Waals surface area contributed by atoms with Gasteiger partial charge in [0.05, 0.1) is 20.3 Å². The van der Waals surface area contributed by atoms with E-state index in [1.165, 1.54) is 26.4 Å². The number of halogens is 1. The van der Waals surface area contributed by atoms with Crippen molar-refractivity contribution >= 4 is 5.91 Å². The molecule has 0 radical (unpaired) electrons. The van der Waals surface area contributed by atoms with E-state index in [0.717, 1.165) is 0 Å². The molecule has 1 amide bonds. The van der Waals surface area contributed by atoms with Crippen molar-refractivity contribution in [3.8, 4) is 17.2 Å². The highest BCUT2D eigenvalue weighted by atomic mass is 19.1. The molecule has 2 rings (SSSR count). The maximum absolute atomic E-state index is 13.7. The van der Waals surface area contributed by atoms with Crippen LogP contribution in [-0.4, -0.2) is 26.7 Å². The number of hydrogen-bond acceptors (Lipinski definition) is 4. The molecule has 0 fully saturated rings. The van der Waals surface area contributed by atoms with Crippen LogP contribution in [0.5, 0.6) is 17.2 Å². The zero-order valence-electron chi connectivity index (χ0n) is 13.8. The van der Waals surface area contributed by atoms with Crippen molar-refractivity contribution in [2.75, 3.05) is 20.8 Å². The lowest BCUT2D eigenvalue weighted by Gasteiger charge is -2.16. The highest BCUT2D eigenvalue weighted by molar-refractivity contribution is 5.78. The molecule has 24 heavy (non-hydrogen) atoms. The van der Waals surface area contributed by atoms with Gasteiger partial charge in [0.1, 0.15) is 0 Å². The molecule has 1 unspecified atom stereocenters. The van der Waals surface area contributed by atoms with E-state index in [1.807, 2.05) is 6.07 Å². The summed E-state index contributed by atoms with van der Waals surface area (Å²) in [6.45, 7) is 1.60. The second-order valence-corrected chi connectivity index (χ2v) is 5.12. The van der Waals surface area contributed by atoms with Crippen molar-refractivity contribution in [2.24, 2.45) is 0 Å². The molecule has 0 aromatic heterocycles. The number of carbonyl (C=O) groups is 1. The number of benzene rings is 2. The van der Waals surface area contributed by atoms with Crippen molar-refractivity contribution in [1.82, 2.24) is 5.32 Å². The Morgan fingerprint density at radius 2 is 1.75 bits per heavy atom. The van der Waals surface area contributed by atoms with Gasteiger partial charge in [-0.1, -0.05) is 18.2 Å². The maximum Gasteiger partial charge on any atom is 0.258 e. The van der Waals surface area contributed by atoms with Crippen molar-refractivity contribution in [3.05, 3.63) is 53.8 Å². The summed E-state index contributed by atoms with van der Waals surface area (Å²) >= 11 is 0. The number of amides is 1. The molecule has 0 heterocycles. The van der Waals surface area contributed by atoms with Gasteiger partial charge < -0.3 is 19.5 Å². The number of nitrogens with one attached hydrogen (secondary N) is 1. The maximum atomic E-state index is 13.7. The predicted molar refractivity (Wildman–Crippen MR) is 88.0 cm³/mol. The third-order valence-corrected chi connectivity index (χ3v) is 3.48. The van der Waals surface area contributed by atoms with Gasteiger partial charge in [-0.25, -0.2) is 4.39 Å². The first-order valence-electron chi connectivity index (χ1n) is 7.43. The van der Waals surface area contributed by atoms with Gasteiger partial charge in [-0.2, -0.15) is 0 Å². The highest BCUT2D eigenvalue weighted by Crippen LogP contribution is 2.25. The summed E-state index contributed by atoms with van der Waals surface area (Å²) in [6, 6.07) is 11.3. The molecule has 0 spiro atoms. The van der Waals surface area contributed by atoms with Crippen molar-refractivity contribution in [3.63, 3.8) is 0 Å². The largest absolute Gasteiger partial charge is 0.494 e. The Morgan fingerprint density at radius 1 is 1.08 bits per heavy atom. The van der Waals surface area contributed by atoms with Crippen LogP contribution in [0, 0.1) is 5.82 Å². The first-order chi connectivity index (χ1) is 11.5. The number of carbonyl (C=O) groups excluding carboxylic acids is 1. The normalized spacial score (nSPS) is 11.5. The quantitative estimate of drug-likeness (QED) is 0.846. The SMILES string of the molecule is COc1ccc(C(C)NC(=O)COc2ccccc2OC)cc1F. The molecule has 6 heteroatoms. The van der Waals surface area contributed by atoms with Gasteiger partial charge in [0.25, 0.3) is 5.91 Å². The smallest absolute Gasteiger partial charge is 0.258 e. The van der Waals surface area contributed by atoms with Crippen molar-refractivity contribution < 1.29 is 23.4 Å². The number of methoxy groups -OCH3 is 2. The summed E-state index contributed by atoms with van der Waals surface area (Å²) in [5.41, 5.74) is 0.638. The zero-order chi connectivity index (χ0) is 17.5. The minimum Gasteiger partial charge on any atom is -0.494 e. The molecule has 128 valence electrons. The second kappa shape index (κ2) is 8.19. The standard InChI is InChI=1S/C18H20FNO4/c1-12(13-8-9-15(22-2)14(19)10-13)20-18(21)11-24-17-7-5-4-6-16(17)23-3/h4-10,12H,11H2,1-3H3,(H,20,21). The van der Waals surface area contributed by atoms with E-state index < -0.39 is 5.82 Å². The molecule has 0 saturated carbocycles. The highest BCUT2D eigenvalue weighted by Gasteiger charge is 2.13. The van der Waals surface area contributed by atoms with E-state index in [2.05, 4.69) is 5.32 Å². The first kappa shape index (κ1) is 17.6. The average molecular weight is 333 g/mol. The number of rotatable bonds is 7. The summed E-state index contributed by atoms with van der Waals surface area (Å²) in [5, 5.41) is 2.76. The minimum absolute atomic E-state index is 0.163. The van der Waals surface area contributed by atoms with Crippen LogP contribution in [0.4, 0.5) is 4.39 Å². The Hall–Kier alpha value is -2.76. The summed E-state index contributed by atoms with van der Waals surface area (Å²) < 4.78 is 29.2. The van der Waals surface area contributed by atoms with Gasteiger partial charge in [0.2, 0.25) is 0 Å². The zero-order valence-corrected chi connectivity index (χ0v) is 13.8. The van der Waals surface area contributed by atoms with Gasteiger partial charge in [0, 0.05) is 0 Å². The van der Waals surface area contributed by atoms with Crippen LogP contribution in [0.25, 0.3) is 0 Å². The van der Waals surface area contributed by atoms with Crippen LogP contribution in [-0.2, 0) is 4.79 Å². The molecule has 0 saturated heterocycles. The van der Waals surface area contributed by atoms with Crippen LogP contribution in [0.3, 0.4) is 0 Å². The molecule has 0 bridgehead atoms. The number of para-hydroxylation sites is 2. The summed E-state index contributed by atoms with van der Waals surface area (Å²) in [5.74, 6) is 0.414. The van der Waals surface area contributed by atoms with Gasteiger partial charge in [-0.15, -0.1) is 0 Å². The fourth-order valence-electron chi connectivity index (χ4n) is 2.20. The van der Waals surface area contributed by atoms with Crippen LogP contribution < -0.4 is 19.5 Å². The third-order valence-electron chi connectivity index (χ3n) is 3.48. The van der Waals surface area contributed by atoms with E-state index in [-0.39, 0.29) is 24.3 Å². The molecule has 1 atom stereocenters. The molecule has 1 N–H and O–H groups in total. The van der Waals surface area contributed by atoms with E-state index in [0.29, 0.717) is 17.1 Å². The van der Waals surface area contributed by atoms with Crippen molar-refractivity contribution in [1.29, 1.82) is 0 Å². The number of ether oxygens (including phenoxy) is 3. The summed E-state index contributed by atoms with van der Waals surface area (Å²) in [6.07, 6.45) is 0.